The van der Waals surface area contributed by atoms with Gasteiger partial charge in [0, 0.05) is 32.9 Å². The molecule has 0 saturated carbocycles. The Balaban J connectivity index is -0.00000128. The highest BCUT2D eigenvalue weighted by molar-refractivity contribution is 4.59. The van der Waals surface area contributed by atoms with Crippen LogP contribution in [0.5, 0.6) is 0 Å². The van der Waals surface area contributed by atoms with Gasteiger partial charge in [0.25, 0.3) is 0 Å². The molecule has 0 rings (SSSR count). The average Bonchev–Trinajstić information content (AvgIpc) is 2.35. The molecule has 0 fully saturated rings. The second kappa shape index (κ2) is 20.0. The maximum absolute atomic E-state index is 8.80. The Morgan fingerprint density at radius 3 is 1.53 bits per heavy atom. The summed E-state index contributed by atoms with van der Waals surface area (Å²) in [4.78, 5) is 2.28. The highest BCUT2D eigenvalue weighted by atomic mass is 19.0. The Kier molecular flexibility index (Phi) is 25.0. The summed E-state index contributed by atoms with van der Waals surface area (Å²) < 4.78 is 0. The second-order valence-electron chi connectivity index (χ2n) is 4.18. The van der Waals surface area contributed by atoms with E-state index < -0.39 is 0 Å². The lowest BCUT2D eigenvalue weighted by molar-refractivity contribution is 0.200. The molecule has 0 unspecified atom stereocenters. The Labute approximate surface area is 114 Å². The third-order valence-electron chi connectivity index (χ3n) is 2.60. The summed E-state index contributed by atoms with van der Waals surface area (Å²) in [6, 6.07) is 0. The van der Waals surface area contributed by atoms with E-state index in [2.05, 4.69) is 10.2 Å². The first-order valence-electron chi connectivity index (χ1n) is 6.60. The Morgan fingerprint density at radius 2 is 1.05 bits per heavy atom. The number of aliphatic hydroxyl groups is 3. The van der Waals surface area contributed by atoms with E-state index in [-0.39, 0.29) is 29.2 Å². The van der Waals surface area contributed by atoms with Gasteiger partial charge in [-0.25, -0.2) is 0 Å². The van der Waals surface area contributed by atoms with Gasteiger partial charge < -0.3 is 25.5 Å². The van der Waals surface area contributed by atoms with Crippen molar-refractivity contribution in [1.29, 1.82) is 0 Å². The smallest absolute Gasteiger partial charge is 0.0443 e. The molecule has 0 aliphatic heterocycles. The van der Waals surface area contributed by atoms with Crippen molar-refractivity contribution >= 4 is 0 Å². The zero-order valence-corrected chi connectivity index (χ0v) is 11.6. The van der Waals surface area contributed by atoms with E-state index in [0.29, 0.717) is 0 Å². The molecule has 4 N–H and O–H groups in total. The van der Waals surface area contributed by atoms with Gasteiger partial charge in [-0.05, 0) is 45.3 Å². The van der Waals surface area contributed by atoms with Gasteiger partial charge in [-0.2, -0.15) is 0 Å². The van der Waals surface area contributed by atoms with Gasteiger partial charge in [-0.15, -0.1) is 0 Å². The van der Waals surface area contributed by atoms with Gasteiger partial charge in [0.1, 0.15) is 0 Å². The molecular weight excluding hydrogens is 258 g/mol. The van der Waals surface area contributed by atoms with Crippen LogP contribution in [0.25, 0.3) is 0 Å². The SMILES string of the molecule is F.F.OCCCNCCCN(CCCO)CCCO. The van der Waals surface area contributed by atoms with Crippen LogP contribution in [0, 0.1) is 0 Å². The van der Waals surface area contributed by atoms with Gasteiger partial charge >= 0.3 is 0 Å². The molecule has 0 radical (unpaired) electrons. The van der Waals surface area contributed by atoms with Crippen LogP contribution in [-0.2, 0) is 0 Å². The van der Waals surface area contributed by atoms with E-state index >= 15 is 0 Å². The summed E-state index contributed by atoms with van der Waals surface area (Å²) >= 11 is 0. The molecule has 0 atom stereocenters. The first-order chi connectivity index (χ1) is 8.35. The minimum atomic E-state index is 0. The van der Waals surface area contributed by atoms with Crippen LogP contribution >= 0.6 is 0 Å². The molecule has 0 heterocycles. The fourth-order valence-electron chi connectivity index (χ4n) is 1.68. The molecule has 19 heavy (non-hydrogen) atoms. The minimum absolute atomic E-state index is 0. The summed E-state index contributed by atoms with van der Waals surface area (Å²) in [6.07, 6.45) is 3.45. The quantitative estimate of drug-likeness (QED) is 0.351. The van der Waals surface area contributed by atoms with Crippen molar-refractivity contribution in [2.75, 3.05) is 52.5 Å². The topological polar surface area (TPSA) is 76.0 Å². The monoisotopic (exact) mass is 288 g/mol. The Hall–Kier alpha value is -0.340. The molecule has 0 saturated heterocycles. The third kappa shape index (κ3) is 17.7. The van der Waals surface area contributed by atoms with Gasteiger partial charge in [-0.3, -0.25) is 9.41 Å². The van der Waals surface area contributed by atoms with Crippen LogP contribution in [0.15, 0.2) is 0 Å². The van der Waals surface area contributed by atoms with Gasteiger partial charge in [0.15, 0.2) is 0 Å². The first-order valence-corrected chi connectivity index (χ1v) is 6.60. The zero-order chi connectivity index (χ0) is 12.8. The average molecular weight is 288 g/mol. The van der Waals surface area contributed by atoms with Crippen LogP contribution in [0.3, 0.4) is 0 Å². The number of rotatable bonds is 13. The lowest BCUT2D eigenvalue weighted by Crippen LogP contribution is -2.30. The van der Waals surface area contributed by atoms with Crippen LogP contribution in [-0.4, -0.2) is 72.8 Å². The zero-order valence-electron chi connectivity index (χ0n) is 11.6. The maximum atomic E-state index is 8.80. The molecule has 0 aromatic carbocycles. The molecular formula is C12H30F2N2O3. The molecule has 0 bridgehead atoms. The van der Waals surface area contributed by atoms with Crippen molar-refractivity contribution in [3.05, 3.63) is 0 Å². The van der Waals surface area contributed by atoms with E-state index in [0.717, 1.165) is 58.4 Å². The van der Waals surface area contributed by atoms with Gasteiger partial charge in [0.2, 0.25) is 0 Å². The van der Waals surface area contributed by atoms with Gasteiger partial charge in [0.05, 0.1) is 0 Å². The maximum Gasteiger partial charge on any atom is 0.0443 e. The second-order valence-corrected chi connectivity index (χ2v) is 4.18. The standard InChI is InChI=1S/C12H28N2O3.2FH/c15-10-2-6-13-5-1-7-14(8-3-11-16)9-4-12-17;;/h13,15-17H,1-12H2;2*1H. The van der Waals surface area contributed by atoms with Crippen molar-refractivity contribution in [2.45, 2.75) is 25.7 Å². The molecule has 0 aliphatic carbocycles. The lowest BCUT2D eigenvalue weighted by atomic mass is 10.3. The Bertz CT molecular complexity index is 149. The first kappa shape index (κ1) is 23.7. The molecule has 0 aromatic heterocycles. The number of nitrogens with zero attached hydrogens (tertiary/aromatic N) is 1. The van der Waals surface area contributed by atoms with Crippen LogP contribution in [0.4, 0.5) is 9.41 Å². The van der Waals surface area contributed by atoms with Crippen molar-refractivity contribution in [3.63, 3.8) is 0 Å². The van der Waals surface area contributed by atoms with E-state index in [9.17, 15) is 0 Å². The minimum Gasteiger partial charge on any atom is -0.396 e. The summed E-state index contributed by atoms with van der Waals surface area (Å²) in [5, 5.41) is 29.5. The van der Waals surface area contributed by atoms with Crippen LogP contribution < -0.4 is 5.32 Å². The molecule has 0 aromatic rings. The van der Waals surface area contributed by atoms with Crippen molar-refractivity contribution in [1.82, 2.24) is 10.2 Å². The van der Waals surface area contributed by atoms with Crippen molar-refractivity contribution in [3.8, 4) is 0 Å². The van der Waals surface area contributed by atoms with E-state index in [4.69, 9.17) is 15.3 Å². The largest absolute Gasteiger partial charge is 0.396 e. The van der Waals surface area contributed by atoms with Crippen molar-refractivity contribution < 1.29 is 24.7 Å². The normalized spacial score (nSPS) is 10.1. The Morgan fingerprint density at radius 1 is 0.632 bits per heavy atom. The summed E-state index contributed by atoms with van der Waals surface area (Å²) in [6.45, 7) is 5.30. The summed E-state index contributed by atoms with van der Waals surface area (Å²) in [5.74, 6) is 0. The van der Waals surface area contributed by atoms with E-state index in [1.807, 2.05) is 0 Å². The molecule has 0 amide bonds. The number of halogens is 2. The number of hydrogen-bond acceptors (Lipinski definition) is 5. The van der Waals surface area contributed by atoms with Gasteiger partial charge in [-0.1, -0.05) is 0 Å². The molecule has 120 valence electrons. The molecule has 0 spiro atoms. The van der Waals surface area contributed by atoms with Crippen LogP contribution in [0.1, 0.15) is 25.7 Å². The lowest BCUT2D eigenvalue weighted by Gasteiger charge is -2.21. The highest BCUT2D eigenvalue weighted by Gasteiger charge is 2.03. The van der Waals surface area contributed by atoms with Crippen LogP contribution in [0.2, 0.25) is 0 Å². The fourth-order valence-corrected chi connectivity index (χ4v) is 1.68. The van der Waals surface area contributed by atoms with Crippen molar-refractivity contribution in [2.24, 2.45) is 0 Å². The van der Waals surface area contributed by atoms with E-state index in [1.165, 1.54) is 0 Å². The predicted molar refractivity (Wildman–Crippen MR) is 74.0 cm³/mol. The third-order valence-corrected chi connectivity index (χ3v) is 2.60. The van der Waals surface area contributed by atoms with E-state index in [1.54, 1.807) is 0 Å². The highest BCUT2D eigenvalue weighted by Crippen LogP contribution is 1.96. The summed E-state index contributed by atoms with van der Waals surface area (Å²) in [7, 11) is 0. The number of nitrogens with one attached hydrogen (secondary N) is 1. The number of aliphatic hydroxyl groups excluding tert-OH is 3. The summed E-state index contributed by atoms with van der Waals surface area (Å²) in [5.41, 5.74) is 0. The molecule has 0 aliphatic rings. The predicted octanol–water partition coefficient (Wildman–Crippen LogP) is -0.280. The molecule has 7 heteroatoms. The fraction of sp³-hybridized carbons (Fsp3) is 1.00. The molecule has 5 nitrogen and oxygen atoms in total. The number of hydrogen-bond donors (Lipinski definition) is 4.